The highest BCUT2D eigenvalue weighted by Gasteiger charge is 2.14. The second-order valence-corrected chi connectivity index (χ2v) is 5.38. The van der Waals surface area contributed by atoms with E-state index in [1.807, 2.05) is 25.1 Å². The monoisotopic (exact) mass is 357 g/mol. The number of ether oxygens (including phenoxy) is 3. The van der Waals surface area contributed by atoms with Crippen LogP contribution >= 0.6 is 0 Å². The quantitative estimate of drug-likeness (QED) is 0.323. The molecule has 0 atom stereocenters. The van der Waals surface area contributed by atoms with Crippen LogP contribution in [-0.4, -0.2) is 24.6 Å². The molecule has 136 valence electrons. The van der Waals surface area contributed by atoms with Gasteiger partial charge >= 0.3 is 5.97 Å². The molecule has 0 saturated carbocycles. The van der Waals surface area contributed by atoms with E-state index in [0.29, 0.717) is 17.1 Å². The number of methoxy groups -OCH3 is 1. The number of nitro benzene ring substituents is 1. The summed E-state index contributed by atoms with van der Waals surface area (Å²) in [5, 5.41) is 10.8. The summed E-state index contributed by atoms with van der Waals surface area (Å²) in [4.78, 5) is 22.3. The van der Waals surface area contributed by atoms with E-state index in [1.165, 1.54) is 25.3 Å². The molecule has 0 unspecified atom stereocenters. The van der Waals surface area contributed by atoms with E-state index in [1.54, 1.807) is 19.1 Å². The highest BCUT2D eigenvalue weighted by molar-refractivity contribution is 5.74. The van der Waals surface area contributed by atoms with Gasteiger partial charge in [-0.3, -0.25) is 10.1 Å². The fourth-order valence-corrected chi connectivity index (χ4v) is 2.29. The van der Waals surface area contributed by atoms with Gasteiger partial charge in [-0.15, -0.1) is 0 Å². The summed E-state index contributed by atoms with van der Waals surface area (Å²) in [6, 6.07) is 9.43. The minimum Gasteiger partial charge on any atom is -0.493 e. The van der Waals surface area contributed by atoms with Crippen LogP contribution in [-0.2, 0) is 4.79 Å². The number of hydrogen-bond donors (Lipinski definition) is 0. The van der Waals surface area contributed by atoms with Crippen molar-refractivity contribution >= 4 is 17.7 Å². The van der Waals surface area contributed by atoms with Gasteiger partial charge < -0.3 is 14.2 Å². The van der Waals surface area contributed by atoms with Crippen molar-refractivity contribution in [1.82, 2.24) is 0 Å². The Morgan fingerprint density at radius 3 is 2.58 bits per heavy atom. The SMILES string of the molecule is C/C=C/c1ccc(OCC(=O)Oc2ccc([N+](=O)[O-])c(C)c2)c(OC)c1. The lowest BCUT2D eigenvalue weighted by atomic mass is 10.2. The average molecular weight is 357 g/mol. The van der Waals surface area contributed by atoms with E-state index in [9.17, 15) is 14.9 Å². The van der Waals surface area contributed by atoms with Gasteiger partial charge in [0.15, 0.2) is 18.1 Å². The molecule has 2 aromatic carbocycles. The van der Waals surface area contributed by atoms with Crippen LogP contribution in [0.15, 0.2) is 42.5 Å². The lowest BCUT2D eigenvalue weighted by Crippen LogP contribution is -2.18. The molecule has 2 rings (SSSR count). The highest BCUT2D eigenvalue weighted by atomic mass is 16.6. The van der Waals surface area contributed by atoms with Gasteiger partial charge in [-0.25, -0.2) is 4.79 Å². The molecule has 0 aliphatic carbocycles. The maximum absolute atomic E-state index is 12.0. The van der Waals surface area contributed by atoms with Gasteiger partial charge in [0, 0.05) is 11.6 Å². The topological polar surface area (TPSA) is 87.9 Å². The zero-order valence-corrected chi connectivity index (χ0v) is 14.7. The Balaban J connectivity index is 2.01. The van der Waals surface area contributed by atoms with E-state index in [4.69, 9.17) is 14.2 Å². The van der Waals surface area contributed by atoms with Crippen molar-refractivity contribution in [2.75, 3.05) is 13.7 Å². The molecule has 0 amide bonds. The van der Waals surface area contributed by atoms with Gasteiger partial charge in [0.1, 0.15) is 5.75 Å². The van der Waals surface area contributed by atoms with Crippen LogP contribution in [0.5, 0.6) is 17.2 Å². The van der Waals surface area contributed by atoms with E-state index >= 15 is 0 Å². The minimum atomic E-state index is -0.627. The summed E-state index contributed by atoms with van der Waals surface area (Å²) in [5.74, 6) is 0.507. The lowest BCUT2D eigenvalue weighted by Gasteiger charge is -2.11. The molecule has 0 fully saturated rings. The van der Waals surface area contributed by atoms with Gasteiger partial charge in [0.25, 0.3) is 5.69 Å². The zero-order valence-electron chi connectivity index (χ0n) is 14.7. The molecule has 0 spiro atoms. The summed E-state index contributed by atoms with van der Waals surface area (Å²) in [6.07, 6.45) is 3.82. The number of esters is 1. The molecule has 2 aromatic rings. The number of nitro groups is 1. The van der Waals surface area contributed by atoms with Gasteiger partial charge in [0.2, 0.25) is 0 Å². The Kier molecular flexibility index (Phi) is 6.32. The number of rotatable bonds is 7. The Hall–Kier alpha value is -3.35. The molecule has 0 aliphatic rings. The summed E-state index contributed by atoms with van der Waals surface area (Å²) < 4.78 is 15.9. The number of carbonyl (C=O) groups excluding carboxylic acids is 1. The maximum Gasteiger partial charge on any atom is 0.349 e. The van der Waals surface area contributed by atoms with Crippen molar-refractivity contribution in [3.8, 4) is 17.2 Å². The van der Waals surface area contributed by atoms with Crippen molar-refractivity contribution in [2.24, 2.45) is 0 Å². The molecular weight excluding hydrogens is 338 g/mol. The summed E-state index contributed by atoms with van der Waals surface area (Å²) in [7, 11) is 1.51. The van der Waals surface area contributed by atoms with Gasteiger partial charge in [-0.1, -0.05) is 18.2 Å². The fraction of sp³-hybridized carbons (Fsp3) is 0.211. The molecule has 26 heavy (non-hydrogen) atoms. The number of carbonyl (C=O) groups is 1. The second-order valence-electron chi connectivity index (χ2n) is 5.38. The molecule has 0 bridgehead atoms. The lowest BCUT2D eigenvalue weighted by molar-refractivity contribution is -0.385. The third-order valence-electron chi connectivity index (χ3n) is 3.49. The van der Waals surface area contributed by atoms with Crippen LogP contribution in [0.1, 0.15) is 18.1 Å². The number of benzene rings is 2. The predicted molar refractivity (Wildman–Crippen MR) is 96.7 cm³/mol. The Morgan fingerprint density at radius 1 is 1.19 bits per heavy atom. The minimum absolute atomic E-state index is 0.0352. The van der Waals surface area contributed by atoms with Crippen molar-refractivity contribution in [3.05, 3.63) is 63.7 Å². The largest absolute Gasteiger partial charge is 0.493 e. The van der Waals surface area contributed by atoms with Crippen molar-refractivity contribution in [3.63, 3.8) is 0 Å². The number of nitrogens with zero attached hydrogens (tertiary/aromatic N) is 1. The average Bonchev–Trinajstić information content (AvgIpc) is 2.60. The normalized spacial score (nSPS) is 10.6. The molecule has 7 heteroatoms. The van der Waals surface area contributed by atoms with Crippen LogP contribution in [0.2, 0.25) is 0 Å². The highest BCUT2D eigenvalue weighted by Crippen LogP contribution is 2.29. The summed E-state index contributed by atoms with van der Waals surface area (Å²) in [5.41, 5.74) is 1.31. The maximum atomic E-state index is 12.0. The third kappa shape index (κ3) is 4.83. The van der Waals surface area contributed by atoms with Crippen LogP contribution < -0.4 is 14.2 Å². The number of aryl methyl sites for hydroxylation is 1. The van der Waals surface area contributed by atoms with E-state index in [2.05, 4.69) is 0 Å². The second kappa shape index (κ2) is 8.66. The predicted octanol–water partition coefficient (Wildman–Crippen LogP) is 3.93. The van der Waals surface area contributed by atoms with E-state index < -0.39 is 10.9 Å². The van der Waals surface area contributed by atoms with Crippen LogP contribution in [0.4, 0.5) is 5.69 Å². The summed E-state index contributed by atoms with van der Waals surface area (Å²) >= 11 is 0. The van der Waals surface area contributed by atoms with Crippen LogP contribution in [0.3, 0.4) is 0 Å². The smallest absolute Gasteiger partial charge is 0.349 e. The van der Waals surface area contributed by atoms with Gasteiger partial charge in [0.05, 0.1) is 12.0 Å². The van der Waals surface area contributed by atoms with E-state index in [0.717, 1.165) is 5.56 Å². The van der Waals surface area contributed by atoms with Crippen molar-refractivity contribution in [2.45, 2.75) is 13.8 Å². The molecule has 7 nitrogen and oxygen atoms in total. The standard InChI is InChI=1S/C19H19NO6/c1-4-5-14-6-9-17(18(11-14)24-3)25-12-19(21)26-15-7-8-16(20(22)23)13(2)10-15/h4-11H,12H2,1-3H3/b5-4+. The Labute approximate surface area is 151 Å². The first-order chi connectivity index (χ1) is 12.4. The number of hydrogen-bond acceptors (Lipinski definition) is 6. The molecule has 0 heterocycles. The summed E-state index contributed by atoms with van der Waals surface area (Å²) in [6.45, 7) is 3.16. The molecular formula is C19H19NO6. The zero-order chi connectivity index (χ0) is 19.1. The molecule has 0 aromatic heterocycles. The Bertz CT molecular complexity index is 844. The molecule has 0 aliphatic heterocycles. The first-order valence-electron chi connectivity index (χ1n) is 7.84. The van der Waals surface area contributed by atoms with E-state index in [-0.39, 0.29) is 18.0 Å². The fourth-order valence-electron chi connectivity index (χ4n) is 2.29. The van der Waals surface area contributed by atoms with Gasteiger partial charge in [-0.2, -0.15) is 0 Å². The number of allylic oxidation sites excluding steroid dienone is 1. The first-order valence-corrected chi connectivity index (χ1v) is 7.84. The van der Waals surface area contributed by atoms with Crippen molar-refractivity contribution < 1.29 is 23.9 Å². The first kappa shape index (κ1) is 19.0. The van der Waals surface area contributed by atoms with Gasteiger partial charge in [-0.05, 0) is 43.7 Å². The van der Waals surface area contributed by atoms with Crippen LogP contribution in [0, 0.1) is 17.0 Å². The third-order valence-corrected chi connectivity index (χ3v) is 3.49. The Morgan fingerprint density at radius 2 is 1.96 bits per heavy atom. The van der Waals surface area contributed by atoms with Crippen molar-refractivity contribution in [1.29, 1.82) is 0 Å². The molecule has 0 radical (unpaired) electrons. The molecule has 0 N–H and O–H groups in total. The molecule has 0 saturated heterocycles. The van der Waals surface area contributed by atoms with Crippen LogP contribution in [0.25, 0.3) is 6.08 Å².